The van der Waals surface area contributed by atoms with Gasteiger partial charge in [-0.15, -0.1) is 0 Å². The molecule has 0 saturated carbocycles. The smallest absolute Gasteiger partial charge is 0.355 e. The highest BCUT2D eigenvalue weighted by Gasteiger charge is 2.27. The van der Waals surface area contributed by atoms with Crippen LogP contribution in [0.1, 0.15) is 47.3 Å². The van der Waals surface area contributed by atoms with Gasteiger partial charge in [-0.3, -0.25) is 4.68 Å². The standard InChI is InChI=1S/C11H16N2O4/c1-4-7-8(11(16)17-6-3)9(10(14)15)13(5-2)12-7/h4-6H2,1-3H3,(H,14,15). The molecule has 0 unspecified atom stereocenters. The van der Waals surface area contributed by atoms with Gasteiger partial charge in [0.2, 0.25) is 0 Å². The Kier molecular flexibility index (Phi) is 4.25. The van der Waals surface area contributed by atoms with Crippen molar-refractivity contribution < 1.29 is 19.4 Å². The van der Waals surface area contributed by atoms with E-state index >= 15 is 0 Å². The number of aromatic carboxylic acids is 1. The molecule has 0 bridgehead atoms. The number of esters is 1. The molecule has 6 heteroatoms. The van der Waals surface area contributed by atoms with Gasteiger partial charge in [-0.25, -0.2) is 9.59 Å². The molecule has 6 nitrogen and oxygen atoms in total. The minimum absolute atomic E-state index is 0.0729. The van der Waals surface area contributed by atoms with Gasteiger partial charge in [-0.05, 0) is 20.3 Å². The maximum absolute atomic E-state index is 11.7. The number of aryl methyl sites for hydroxylation is 2. The number of carboxylic acid groups (broad SMARTS) is 1. The monoisotopic (exact) mass is 240 g/mol. The minimum Gasteiger partial charge on any atom is -0.476 e. The van der Waals surface area contributed by atoms with Gasteiger partial charge in [0.15, 0.2) is 5.69 Å². The highest BCUT2D eigenvalue weighted by molar-refractivity contribution is 6.02. The number of rotatable bonds is 5. The second-order valence-corrected chi connectivity index (χ2v) is 3.37. The fourth-order valence-electron chi connectivity index (χ4n) is 1.62. The lowest BCUT2D eigenvalue weighted by Gasteiger charge is -2.03. The topological polar surface area (TPSA) is 81.4 Å². The van der Waals surface area contributed by atoms with Crippen LogP contribution >= 0.6 is 0 Å². The first kappa shape index (κ1) is 13.2. The summed E-state index contributed by atoms with van der Waals surface area (Å²) in [5, 5.41) is 13.2. The normalized spacial score (nSPS) is 10.3. The van der Waals surface area contributed by atoms with Crippen molar-refractivity contribution in [1.82, 2.24) is 9.78 Å². The first-order valence-corrected chi connectivity index (χ1v) is 5.56. The first-order valence-electron chi connectivity index (χ1n) is 5.56. The van der Waals surface area contributed by atoms with Crippen LogP contribution in [0.25, 0.3) is 0 Å². The predicted molar refractivity (Wildman–Crippen MR) is 60.2 cm³/mol. The second kappa shape index (κ2) is 5.47. The Bertz CT molecular complexity index is 437. The molecule has 1 aromatic heterocycles. The van der Waals surface area contributed by atoms with Gasteiger partial charge in [0.1, 0.15) is 5.56 Å². The molecule has 1 N–H and O–H groups in total. The molecule has 0 aliphatic heterocycles. The summed E-state index contributed by atoms with van der Waals surface area (Å²) < 4.78 is 6.18. The van der Waals surface area contributed by atoms with E-state index in [0.29, 0.717) is 18.7 Å². The molecule has 94 valence electrons. The van der Waals surface area contributed by atoms with Gasteiger partial charge in [-0.1, -0.05) is 6.92 Å². The van der Waals surface area contributed by atoms with Crippen LogP contribution in [0.5, 0.6) is 0 Å². The van der Waals surface area contributed by atoms with Crippen molar-refractivity contribution in [3.05, 3.63) is 17.0 Å². The Morgan fingerprint density at radius 3 is 2.41 bits per heavy atom. The Morgan fingerprint density at radius 2 is 2.00 bits per heavy atom. The van der Waals surface area contributed by atoms with Gasteiger partial charge >= 0.3 is 11.9 Å². The number of aromatic nitrogens is 2. The van der Waals surface area contributed by atoms with Gasteiger partial charge in [-0.2, -0.15) is 5.10 Å². The Hall–Kier alpha value is -1.85. The molecule has 0 radical (unpaired) electrons. The molecule has 0 aliphatic carbocycles. The van der Waals surface area contributed by atoms with Gasteiger partial charge in [0, 0.05) is 6.54 Å². The van der Waals surface area contributed by atoms with Gasteiger partial charge in [0.25, 0.3) is 0 Å². The van der Waals surface area contributed by atoms with Crippen molar-refractivity contribution >= 4 is 11.9 Å². The Labute approximate surface area is 99.2 Å². The molecule has 0 spiro atoms. The molecule has 0 aliphatic rings. The summed E-state index contributed by atoms with van der Waals surface area (Å²) in [7, 11) is 0. The molecule has 1 rings (SSSR count). The zero-order chi connectivity index (χ0) is 13.0. The van der Waals surface area contributed by atoms with E-state index in [2.05, 4.69) is 5.10 Å². The molecule has 1 heterocycles. The average Bonchev–Trinajstić information content (AvgIpc) is 2.67. The SMILES string of the molecule is CCOC(=O)c1c(CC)nn(CC)c1C(=O)O. The molecular weight excluding hydrogens is 224 g/mol. The summed E-state index contributed by atoms with van der Waals surface area (Å²) in [5.74, 6) is -1.79. The first-order chi connectivity index (χ1) is 8.06. The lowest BCUT2D eigenvalue weighted by atomic mass is 10.1. The average molecular weight is 240 g/mol. The van der Waals surface area contributed by atoms with E-state index in [0.717, 1.165) is 0 Å². The van der Waals surface area contributed by atoms with Crippen LogP contribution in [0.15, 0.2) is 0 Å². The fraction of sp³-hybridized carbons (Fsp3) is 0.545. The molecule has 0 fully saturated rings. The molecule has 0 saturated heterocycles. The van der Waals surface area contributed by atoms with Crippen LogP contribution in [-0.4, -0.2) is 33.4 Å². The number of ether oxygens (including phenoxy) is 1. The lowest BCUT2D eigenvalue weighted by Crippen LogP contribution is -2.15. The van der Waals surface area contributed by atoms with Crippen molar-refractivity contribution in [3.8, 4) is 0 Å². The molecule has 0 atom stereocenters. The zero-order valence-electron chi connectivity index (χ0n) is 10.2. The van der Waals surface area contributed by atoms with E-state index < -0.39 is 11.9 Å². The van der Waals surface area contributed by atoms with E-state index in [1.807, 2.05) is 6.92 Å². The van der Waals surface area contributed by atoms with Crippen molar-refractivity contribution in [2.45, 2.75) is 33.7 Å². The van der Waals surface area contributed by atoms with Crippen LogP contribution in [-0.2, 0) is 17.7 Å². The molecular formula is C11H16N2O4. The van der Waals surface area contributed by atoms with E-state index in [1.54, 1.807) is 13.8 Å². The van der Waals surface area contributed by atoms with E-state index in [1.165, 1.54) is 4.68 Å². The fourth-order valence-corrected chi connectivity index (χ4v) is 1.62. The third-order valence-corrected chi connectivity index (χ3v) is 2.34. The Balaban J connectivity index is 3.37. The summed E-state index contributed by atoms with van der Waals surface area (Å²) in [4.78, 5) is 22.9. The number of carboxylic acids is 1. The number of carbonyl (C=O) groups excluding carboxylic acids is 1. The maximum atomic E-state index is 11.7. The number of carbonyl (C=O) groups is 2. The van der Waals surface area contributed by atoms with Crippen molar-refractivity contribution in [3.63, 3.8) is 0 Å². The summed E-state index contributed by atoms with van der Waals surface area (Å²) in [5.41, 5.74) is 0.439. The van der Waals surface area contributed by atoms with Crippen molar-refractivity contribution in [1.29, 1.82) is 0 Å². The second-order valence-electron chi connectivity index (χ2n) is 3.37. The summed E-state index contributed by atoms with van der Waals surface area (Å²) >= 11 is 0. The van der Waals surface area contributed by atoms with Gasteiger partial charge < -0.3 is 9.84 Å². The minimum atomic E-state index is -1.16. The van der Waals surface area contributed by atoms with E-state index in [9.17, 15) is 9.59 Å². The number of nitrogens with zero attached hydrogens (tertiary/aromatic N) is 2. The van der Waals surface area contributed by atoms with Crippen molar-refractivity contribution in [2.75, 3.05) is 6.61 Å². The molecule has 0 aromatic carbocycles. The third-order valence-electron chi connectivity index (χ3n) is 2.34. The largest absolute Gasteiger partial charge is 0.476 e. The summed E-state index contributed by atoms with van der Waals surface area (Å²) in [6, 6.07) is 0. The van der Waals surface area contributed by atoms with Crippen LogP contribution in [0, 0.1) is 0 Å². The predicted octanol–water partition coefficient (Wildman–Crippen LogP) is 1.34. The third kappa shape index (κ3) is 2.46. The van der Waals surface area contributed by atoms with Crippen molar-refractivity contribution in [2.24, 2.45) is 0 Å². The highest BCUT2D eigenvalue weighted by atomic mass is 16.5. The van der Waals surface area contributed by atoms with Crippen LogP contribution in [0.2, 0.25) is 0 Å². The number of hydrogen-bond donors (Lipinski definition) is 1. The Morgan fingerprint density at radius 1 is 1.35 bits per heavy atom. The summed E-state index contributed by atoms with van der Waals surface area (Å²) in [6.45, 7) is 5.87. The van der Waals surface area contributed by atoms with Crippen LogP contribution in [0.3, 0.4) is 0 Å². The quantitative estimate of drug-likeness (QED) is 0.785. The highest BCUT2D eigenvalue weighted by Crippen LogP contribution is 2.17. The maximum Gasteiger partial charge on any atom is 0.355 e. The summed E-state index contributed by atoms with van der Waals surface area (Å²) in [6.07, 6.45) is 0.488. The number of hydrogen-bond acceptors (Lipinski definition) is 4. The van der Waals surface area contributed by atoms with Crippen LogP contribution < -0.4 is 0 Å². The molecule has 0 amide bonds. The van der Waals surface area contributed by atoms with Crippen LogP contribution in [0.4, 0.5) is 0 Å². The molecule has 1 aromatic rings. The van der Waals surface area contributed by atoms with Gasteiger partial charge in [0.05, 0.1) is 12.3 Å². The van der Waals surface area contributed by atoms with E-state index in [-0.39, 0.29) is 17.9 Å². The molecule has 17 heavy (non-hydrogen) atoms. The van der Waals surface area contributed by atoms with E-state index in [4.69, 9.17) is 9.84 Å². The zero-order valence-corrected chi connectivity index (χ0v) is 10.2. The lowest BCUT2D eigenvalue weighted by molar-refractivity contribution is 0.0512.